The van der Waals surface area contributed by atoms with Gasteiger partial charge < -0.3 is 25.2 Å². The number of halogens is 4. The second-order valence-electron chi connectivity index (χ2n) is 8.85. The molecule has 4 rings (SSSR count). The molecule has 2 aromatic rings. The van der Waals surface area contributed by atoms with Crippen LogP contribution in [0.3, 0.4) is 0 Å². The van der Waals surface area contributed by atoms with Gasteiger partial charge in [-0.2, -0.15) is 13.2 Å². The second kappa shape index (κ2) is 11.2. The fraction of sp³-hybridized carbons (Fsp3) is 0.400. The molecule has 2 saturated heterocycles. The quantitative estimate of drug-likeness (QED) is 0.589. The summed E-state index contributed by atoms with van der Waals surface area (Å²) in [5.41, 5.74) is -0.496. The molecule has 0 aliphatic carbocycles. The minimum Gasteiger partial charge on any atom is -0.376 e. The largest absolute Gasteiger partial charge is 0.416 e. The van der Waals surface area contributed by atoms with Crippen molar-refractivity contribution in [3.05, 3.63) is 65.5 Å². The first kappa shape index (κ1) is 26.4. The third-order valence-electron chi connectivity index (χ3n) is 6.31. The third-order valence-corrected chi connectivity index (χ3v) is 6.31. The Labute approximate surface area is 210 Å². The molecule has 0 radical (unpaired) electrons. The SMILES string of the molecule is O=C(NCC1CCCO1)C1CN(C(=O)Nc2ccc(C(F)(F)F)cc2)CCN1C(=O)c1ccc(F)cc1. The molecule has 2 aliphatic rings. The highest BCUT2D eigenvalue weighted by Gasteiger charge is 2.38. The number of carbonyl (C=O) groups is 3. The lowest BCUT2D eigenvalue weighted by Gasteiger charge is -2.40. The third kappa shape index (κ3) is 6.56. The predicted octanol–water partition coefficient (Wildman–Crippen LogP) is 3.50. The highest BCUT2D eigenvalue weighted by molar-refractivity contribution is 5.98. The molecule has 2 fully saturated rings. The van der Waals surface area contributed by atoms with Crippen molar-refractivity contribution in [1.82, 2.24) is 15.1 Å². The Bertz CT molecular complexity index is 1120. The van der Waals surface area contributed by atoms with E-state index in [9.17, 15) is 31.9 Å². The van der Waals surface area contributed by atoms with E-state index >= 15 is 0 Å². The fourth-order valence-corrected chi connectivity index (χ4v) is 4.28. The normalized spacial score (nSPS) is 20.0. The van der Waals surface area contributed by atoms with Crippen molar-refractivity contribution in [1.29, 1.82) is 0 Å². The number of hydrogen-bond donors (Lipinski definition) is 2. The van der Waals surface area contributed by atoms with Crippen LogP contribution in [-0.4, -0.2) is 72.6 Å². The summed E-state index contributed by atoms with van der Waals surface area (Å²) in [5.74, 6) is -1.47. The topological polar surface area (TPSA) is 91.0 Å². The number of urea groups is 1. The van der Waals surface area contributed by atoms with Crippen LogP contribution in [0.15, 0.2) is 48.5 Å². The number of rotatable bonds is 5. The van der Waals surface area contributed by atoms with E-state index in [0.717, 1.165) is 49.2 Å². The number of nitrogens with zero attached hydrogens (tertiary/aromatic N) is 2. The molecule has 0 saturated carbocycles. The van der Waals surface area contributed by atoms with E-state index in [-0.39, 0.29) is 43.5 Å². The van der Waals surface area contributed by atoms with Gasteiger partial charge in [-0.15, -0.1) is 0 Å². The van der Waals surface area contributed by atoms with E-state index in [2.05, 4.69) is 10.6 Å². The summed E-state index contributed by atoms with van der Waals surface area (Å²) >= 11 is 0. The molecule has 0 bridgehead atoms. The molecule has 12 heteroatoms. The van der Waals surface area contributed by atoms with E-state index in [4.69, 9.17) is 4.74 Å². The van der Waals surface area contributed by atoms with Gasteiger partial charge in [0.15, 0.2) is 0 Å². The van der Waals surface area contributed by atoms with Gasteiger partial charge in [0.1, 0.15) is 11.9 Å². The van der Waals surface area contributed by atoms with Crippen LogP contribution >= 0.6 is 0 Å². The summed E-state index contributed by atoms with van der Waals surface area (Å²) in [7, 11) is 0. The van der Waals surface area contributed by atoms with Crippen LogP contribution < -0.4 is 10.6 Å². The van der Waals surface area contributed by atoms with Gasteiger partial charge in [0.2, 0.25) is 5.91 Å². The Morgan fingerprint density at radius 2 is 1.70 bits per heavy atom. The van der Waals surface area contributed by atoms with Crippen LogP contribution in [0.2, 0.25) is 0 Å². The van der Waals surface area contributed by atoms with Crippen molar-refractivity contribution in [3.63, 3.8) is 0 Å². The molecular formula is C25H26F4N4O4. The Morgan fingerprint density at radius 1 is 1.00 bits per heavy atom. The molecule has 2 unspecified atom stereocenters. The summed E-state index contributed by atoms with van der Waals surface area (Å²) in [5, 5.41) is 5.32. The van der Waals surface area contributed by atoms with Crippen LogP contribution in [-0.2, 0) is 15.7 Å². The molecular weight excluding hydrogens is 496 g/mol. The minimum atomic E-state index is -4.50. The molecule has 198 valence electrons. The molecule has 4 amide bonds. The molecule has 2 N–H and O–H groups in total. The zero-order valence-electron chi connectivity index (χ0n) is 19.8. The highest BCUT2D eigenvalue weighted by atomic mass is 19.4. The van der Waals surface area contributed by atoms with Crippen molar-refractivity contribution in [2.24, 2.45) is 0 Å². The van der Waals surface area contributed by atoms with Gasteiger partial charge in [0, 0.05) is 37.5 Å². The summed E-state index contributed by atoms with van der Waals surface area (Å²) in [6.07, 6.45) is -2.95. The Kier molecular flexibility index (Phi) is 7.96. The zero-order chi connectivity index (χ0) is 26.6. The smallest absolute Gasteiger partial charge is 0.376 e. The summed E-state index contributed by atoms with van der Waals surface area (Å²) in [6, 6.07) is 7.28. The first-order valence-electron chi connectivity index (χ1n) is 11.8. The Hall–Kier alpha value is -3.67. The molecule has 0 aromatic heterocycles. The molecule has 8 nitrogen and oxygen atoms in total. The van der Waals surface area contributed by atoms with E-state index in [1.54, 1.807) is 0 Å². The maximum Gasteiger partial charge on any atom is 0.416 e. The summed E-state index contributed by atoms with van der Waals surface area (Å²) < 4.78 is 57.3. The number of amides is 4. The average molecular weight is 522 g/mol. The lowest BCUT2D eigenvalue weighted by atomic mass is 10.1. The van der Waals surface area contributed by atoms with Gasteiger partial charge in [0.05, 0.1) is 18.2 Å². The standard InChI is InChI=1S/C25H26F4N4O4/c26-18-7-3-16(4-8-18)23(35)33-12-11-32(15-21(33)22(34)30-14-20-2-1-13-37-20)24(36)31-19-9-5-17(6-10-19)25(27,28)29/h3-10,20-21H,1-2,11-15H2,(H,30,34)(H,31,36). The van der Waals surface area contributed by atoms with Crippen molar-refractivity contribution in [2.75, 3.05) is 38.1 Å². The molecule has 37 heavy (non-hydrogen) atoms. The molecule has 2 aliphatic heterocycles. The lowest BCUT2D eigenvalue weighted by molar-refractivity contribution is -0.137. The number of hydrogen-bond acceptors (Lipinski definition) is 4. The van der Waals surface area contributed by atoms with Crippen molar-refractivity contribution >= 4 is 23.5 Å². The summed E-state index contributed by atoms with van der Waals surface area (Å²) in [4.78, 5) is 41.8. The van der Waals surface area contributed by atoms with Crippen LogP contribution in [0.1, 0.15) is 28.8 Å². The molecule has 2 aromatic carbocycles. The van der Waals surface area contributed by atoms with Gasteiger partial charge in [-0.25, -0.2) is 9.18 Å². The number of benzene rings is 2. The van der Waals surface area contributed by atoms with Crippen molar-refractivity contribution < 1.29 is 36.7 Å². The molecule has 2 atom stereocenters. The fourth-order valence-electron chi connectivity index (χ4n) is 4.28. The molecule has 0 spiro atoms. The first-order chi connectivity index (χ1) is 17.6. The van der Waals surface area contributed by atoms with Crippen molar-refractivity contribution in [3.8, 4) is 0 Å². The van der Waals surface area contributed by atoms with E-state index < -0.39 is 41.4 Å². The maximum atomic E-state index is 13.3. The van der Waals surface area contributed by atoms with E-state index in [1.165, 1.54) is 21.9 Å². The average Bonchev–Trinajstić information content (AvgIpc) is 3.40. The zero-order valence-corrected chi connectivity index (χ0v) is 19.8. The minimum absolute atomic E-state index is 0.0225. The Balaban J connectivity index is 1.46. The van der Waals surface area contributed by atoms with Gasteiger partial charge >= 0.3 is 12.2 Å². The predicted molar refractivity (Wildman–Crippen MR) is 125 cm³/mol. The summed E-state index contributed by atoms with van der Waals surface area (Å²) in [6.45, 7) is 0.822. The number of carbonyl (C=O) groups excluding carboxylic acids is 3. The number of alkyl halides is 3. The maximum absolute atomic E-state index is 13.3. The monoisotopic (exact) mass is 522 g/mol. The number of piperazine rings is 1. The van der Waals surface area contributed by atoms with Gasteiger partial charge in [0.25, 0.3) is 5.91 Å². The second-order valence-corrected chi connectivity index (χ2v) is 8.85. The van der Waals surface area contributed by atoms with Gasteiger partial charge in [-0.1, -0.05) is 0 Å². The first-order valence-corrected chi connectivity index (χ1v) is 11.8. The highest BCUT2D eigenvalue weighted by Crippen LogP contribution is 2.30. The van der Waals surface area contributed by atoms with Crippen LogP contribution in [0.4, 0.5) is 28.0 Å². The number of nitrogens with one attached hydrogen (secondary N) is 2. The van der Waals surface area contributed by atoms with Gasteiger partial charge in [-0.05, 0) is 61.4 Å². The van der Waals surface area contributed by atoms with Crippen LogP contribution in [0.5, 0.6) is 0 Å². The van der Waals surface area contributed by atoms with E-state index in [1.807, 2.05) is 0 Å². The Morgan fingerprint density at radius 3 is 2.32 bits per heavy atom. The number of ether oxygens (including phenoxy) is 1. The van der Waals surface area contributed by atoms with Crippen molar-refractivity contribution in [2.45, 2.75) is 31.2 Å². The van der Waals surface area contributed by atoms with Gasteiger partial charge in [-0.3, -0.25) is 9.59 Å². The van der Waals surface area contributed by atoms with E-state index in [0.29, 0.717) is 6.61 Å². The van der Waals surface area contributed by atoms with Crippen LogP contribution in [0, 0.1) is 5.82 Å². The number of anilines is 1. The molecule has 2 heterocycles. The lowest BCUT2D eigenvalue weighted by Crippen LogP contribution is -2.62. The van der Waals surface area contributed by atoms with Crippen LogP contribution in [0.25, 0.3) is 0 Å².